The summed E-state index contributed by atoms with van der Waals surface area (Å²) >= 11 is 12.4. The predicted octanol–water partition coefficient (Wildman–Crippen LogP) is 3.47. The van der Waals surface area contributed by atoms with Crippen LogP contribution in [0.2, 0.25) is 5.15 Å². The number of hydrogen-bond acceptors (Lipinski definition) is 2. The second-order valence-corrected chi connectivity index (χ2v) is 5.58. The van der Waals surface area contributed by atoms with Gasteiger partial charge in [0.1, 0.15) is 5.15 Å². The molecule has 0 aliphatic rings. The van der Waals surface area contributed by atoms with Crippen molar-refractivity contribution >= 4 is 43.5 Å². The topological polar surface area (TPSA) is 34.9 Å². The zero-order valence-corrected chi connectivity index (χ0v) is 12.5. The monoisotopic (exact) mass is 376 g/mol. The molecule has 0 spiro atoms. The third kappa shape index (κ3) is 3.18. The summed E-state index contributed by atoms with van der Waals surface area (Å²) in [6.45, 7) is 0.457. The SMILES string of the molecule is O=c1c(Br)cc(Br)cn1Cc1ccnc(Cl)c1. The molecular weight excluding hydrogens is 371 g/mol. The minimum atomic E-state index is -0.0823. The Morgan fingerprint density at radius 3 is 2.82 bits per heavy atom. The van der Waals surface area contributed by atoms with Crippen molar-refractivity contribution in [3.8, 4) is 0 Å². The standard InChI is InChI=1S/C11H7Br2ClN2O/c12-8-4-9(13)11(17)16(6-8)5-7-1-2-15-10(14)3-7/h1-4,6H,5H2. The molecule has 2 rings (SSSR count). The Kier molecular flexibility index (Phi) is 4.01. The first-order valence-electron chi connectivity index (χ1n) is 4.72. The maximum Gasteiger partial charge on any atom is 0.265 e. The zero-order valence-electron chi connectivity index (χ0n) is 8.53. The van der Waals surface area contributed by atoms with Crippen LogP contribution in [0.25, 0.3) is 0 Å². The van der Waals surface area contributed by atoms with Gasteiger partial charge in [-0.2, -0.15) is 0 Å². The van der Waals surface area contributed by atoms with Crippen molar-refractivity contribution in [2.24, 2.45) is 0 Å². The van der Waals surface area contributed by atoms with Crippen molar-refractivity contribution in [2.45, 2.75) is 6.54 Å². The first-order valence-corrected chi connectivity index (χ1v) is 6.68. The van der Waals surface area contributed by atoms with Crippen LogP contribution in [0.4, 0.5) is 0 Å². The first kappa shape index (κ1) is 12.8. The third-order valence-corrected chi connectivity index (χ3v) is 3.36. The van der Waals surface area contributed by atoms with Gasteiger partial charge < -0.3 is 4.57 Å². The van der Waals surface area contributed by atoms with Crippen LogP contribution in [0.15, 0.2) is 44.3 Å². The molecule has 0 atom stereocenters. The van der Waals surface area contributed by atoms with Crippen LogP contribution in [-0.4, -0.2) is 9.55 Å². The van der Waals surface area contributed by atoms with Crippen LogP contribution in [0.3, 0.4) is 0 Å². The molecule has 0 radical (unpaired) electrons. The molecule has 0 aliphatic carbocycles. The summed E-state index contributed by atoms with van der Waals surface area (Å²) in [5, 5.41) is 0.421. The molecule has 2 aromatic heterocycles. The Labute approximate surface area is 120 Å². The van der Waals surface area contributed by atoms with Gasteiger partial charge in [0.15, 0.2) is 0 Å². The van der Waals surface area contributed by atoms with E-state index in [1.807, 2.05) is 6.07 Å². The Bertz CT molecular complexity index is 613. The minimum Gasteiger partial charge on any atom is -0.309 e. The predicted molar refractivity (Wildman–Crippen MR) is 74.5 cm³/mol. The molecular formula is C11H7Br2ClN2O. The molecule has 0 unspecified atom stereocenters. The summed E-state index contributed by atoms with van der Waals surface area (Å²) in [5.74, 6) is 0. The Morgan fingerprint density at radius 2 is 2.12 bits per heavy atom. The summed E-state index contributed by atoms with van der Waals surface area (Å²) < 4.78 is 2.95. The van der Waals surface area contributed by atoms with Gasteiger partial charge in [-0.25, -0.2) is 4.98 Å². The molecule has 0 saturated heterocycles. The second kappa shape index (κ2) is 5.33. The van der Waals surface area contributed by atoms with Crippen LogP contribution in [0.5, 0.6) is 0 Å². The molecule has 0 amide bonds. The van der Waals surface area contributed by atoms with Crippen molar-refractivity contribution in [1.29, 1.82) is 0 Å². The summed E-state index contributed by atoms with van der Waals surface area (Å²) in [6.07, 6.45) is 3.36. The Hall–Kier alpha value is -0.650. The van der Waals surface area contributed by atoms with Crippen LogP contribution in [-0.2, 0) is 6.54 Å². The smallest absolute Gasteiger partial charge is 0.265 e. The van der Waals surface area contributed by atoms with Crippen LogP contribution in [0, 0.1) is 0 Å². The van der Waals surface area contributed by atoms with E-state index in [1.165, 1.54) is 0 Å². The van der Waals surface area contributed by atoms with Crippen molar-refractivity contribution < 1.29 is 0 Å². The number of hydrogen-bond donors (Lipinski definition) is 0. The largest absolute Gasteiger partial charge is 0.309 e. The maximum atomic E-state index is 11.9. The highest BCUT2D eigenvalue weighted by molar-refractivity contribution is 9.11. The zero-order chi connectivity index (χ0) is 12.4. The number of pyridine rings is 2. The summed E-state index contributed by atoms with van der Waals surface area (Å²) in [4.78, 5) is 15.8. The quantitative estimate of drug-likeness (QED) is 0.750. The Morgan fingerprint density at radius 1 is 1.35 bits per heavy atom. The molecule has 0 saturated carbocycles. The second-order valence-electron chi connectivity index (χ2n) is 3.43. The fraction of sp³-hybridized carbons (Fsp3) is 0.0909. The van der Waals surface area contributed by atoms with Crippen LogP contribution in [0.1, 0.15) is 5.56 Å². The van der Waals surface area contributed by atoms with E-state index in [2.05, 4.69) is 36.8 Å². The minimum absolute atomic E-state index is 0.0823. The molecule has 0 aliphatic heterocycles. The van der Waals surface area contributed by atoms with Crippen LogP contribution >= 0.6 is 43.5 Å². The van der Waals surface area contributed by atoms with E-state index >= 15 is 0 Å². The molecule has 3 nitrogen and oxygen atoms in total. The van der Waals surface area contributed by atoms with E-state index in [0.29, 0.717) is 16.2 Å². The fourth-order valence-corrected chi connectivity index (χ4v) is 2.87. The van der Waals surface area contributed by atoms with Gasteiger partial charge in [0.2, 0.25) is 0 Å². The van der Waals surface area contributed by atoms with E-state index in [0.717, 1.165) is 10.0 Å². The van der Waals surface area contributed by atoms with Gasteiger partial charge in [0.25, 0.3) is 5.56 Å². The van der Waals surface area contributed by atoms with E-state index in [-0.39, 0.29) is 5.56 Å². The summed E-state index contributed by atoms with van der Waals surface area (Å²) in [7, 11) is 0. The molecule has 6 heteroatoms. The highest BCUT2D eigenvalue weighted by Crippen LogP contribution is 2.14. The van der Waals surface area contributed by atoms with Gasteiger partial charge in [-0.05, 0) is 55.6 Å². The lowest BCUT2D eigenvalue weighted by Gasteiger charge is -2.07. The molecule has 0 N–H and O–H groups in total. The van der Waals surface area contributed by atoms with Crippen molar-refractivity contribution in [2.75, 3.05) is 0 Å². The summed E-state index contributed by atoms with van der Waals surface area (Å²) in [5.41, 5.74) is 0.846. The highest BCUT2D eigenvalue weighted by atomic mass is 79.9. The number of nitrogens with zero attached hydrogens (tertiary/aromatic N) is 2. The van der Waals surface area contributed by atoms with Gasteiger partial charge in [0, 0.05) is 16.9 Å². The van der Waals surface area contributed by atoms with Gasteiger partial charge in [-0.1, -0.05) is 11.6 Å². The van der Waals surface area contributed by atoms with E-state index in [9.17, 15) is 4.79 Å². The van der Waals surface area contributed by atoms with Crippen LogP contribution < -0.4 is 5.56 Å². The fourth-order valence-electron chi connectivity index (χ4n) is 1.42. The average molecular weight is 378 g/mol. The first-order chi connectivity index (χ1) is 8.06. The van der Waals surface area contributed by atoms with Gasteiger partial charge in [0.05, 0.1) is 11.0 Å². The Balaban J connectivity index is 2.40. The molecule has 88 valence electrons. The third-order valence-electron chi connectivity index (χ3n) is 2.15. The molecule has 2 heterocycles. The maximum absolute atomic E-state index is 11.9. The van der Waals surface area contributed by atoms with E-state index < -0.39 is 0 Å². The molecule has 0 aromatic carbocycles. The van der Waals surface area contributed by atoms with E-state index in [1.54, 1.807) is 29.1 Å². The van der Waals surface area contributed by atoms with Gasteiger partial charge >= 0.3 is 0 Å². The number of halogens is 3. The molecule has 0 fully saturated rings. The van der Waals surface area contributed by atoms with E-state index in [4.69, 9.17) is 11.6 Å². The van der Waals surface area contributed by atoms with Crippen molar-refractivity contribution in [3.05, 3.63) is 60.6 Å². The number of rotatable bonds is 2. The lowest BCUT2D eigenvalue weighted by Crippen LogP contribution is -2.20. The number of aromatic nitrogens is 2. The molecule has 2 aromatic rings. The molecule has 17 heavy (non-hydrogen) atoms. The highest BCUT2D eigenvalue weighted by Gasteiger charge is 2.04. The summed E-state index contributed by atoms with van der Waals surface area (Å²) in [6, 6.07) is 5.29. The van der Waals surface area contributed by atoms with Gasteiger partial charge in [-0.3, -0.25) is 4.79 Å². The lowest BCUT2D eigenvalue weighted by atomic mass is 10.2. The van der Waals surface area contributed by atoms with Crippen molar-refractivity contribution in [3.63, 3.8) is 0 Å². The lowest BCUT2D eigenvalue weighted by molar-refractivity contribution is 0.750. The molecule has 0 bridgehead atoms. The normalized spacial score (nSPS) is 10.5. The van der Waals surface area contributed by atoms with Crippen molar-refractivity contribution in [1.82, 2.24) is 9.55 Å². The van der Waals surface area contributed by atoms with Gasteiger partial charge in [-0.15, -0.1) is 0 Å². The average Bonchev–Trinajstić information content (AvgIpc) is 2.25.